The van der Waals surface area contributed by atoms with Crippen molar-refractivity contribution < 1.29 is 9.90 Å². The maximum absolute atomic E-state index is 12.2. The Bertz CT molecular complexity index is 433. The summed E-state index contributed by atoms with van der Waals surface area (Å²) in [6.45, 7) is 1.60. The first-order valence-electron chi connectivity index (χ1n) is 6.60. The molecular formula is C12H18N4O2. The van der Waals surface area contributed by atoms with Crippen molar-refractivity contribution in [2.45, 2.75) is 31.6 Å². The van der Waals surface area contributed by atoms with Gasteiger partial charge in [-0.2, -0.15) is 0 Å². The van der Waals surface area contributed by atoms with E-state index in [4.69, 9.17) is 5.11 Å². The smallest absolute Gasteiger partial charge is 0.293 e. The van der Waals surface area contributed by atoms with Gasteiger partial charge in [-0.15, -0.1) is 5.10 Å². The summed E-state index contributed by atoms with van der Waals surface area (Å²) in [5.41, 5.74) is 0. The van der Waals surface area contributed by atoms with Crippen LogP contribution >= 0.6 is 0 Å². The first-order valence-corrected chi connectivity index (χ1v) is 6.60. The fourth-order valence-electron chi connectivity index (χ4n) is 2.37. The van der Waals surface area contributed by atoms with Crippen molar-refractivity contribution in [3.05, 3.63) is 11.6 Å². The first-order chi connectivity index (χ1) is 8.78. The summed E-state index contributed by atoms with van der Waals surface area (Å²) in [5, 5.41) is 15.9. The molecule has 1 saturated carbocycles. The quantitative estimate of drug-likeness (QED) is 0.819. The molecule has 0 bridgehead atoms. The van der Waals surface area contributed by atoms with E-state index in [1.165, 1.54) is 0 Å². The Morgan fingerprint density at radius 3 is 2.67 bits per heavy atom. The van der Waals surface area contributed by atoms with Crippen LogP contribution in [0.15, 0.2) is 0 Å². The van der Waals surface area contributed by atoms with E-state index < -0.39 is 0 Å². The average Bonchev–Trinajstić information content (AvgIpc) is 3.16. The predicted octanol–water partition coefficient (Wildman–Crippen LogP) is 0.527. The summed E-state index contributed by atoms with van der Waals surface area (Å²) < 4.78 is 0. The van der Waals surface area contributed by atoms with E-state index in [-0.39, 0.29) is 12.5 Å². The molecule has 0 atom stereocenters. The summed E-state index contributed by atoms with van der Waals surface area (Å²) in [4.78, 5) is 18.2. The van der Waals surface area contributed by atoms with Gasteiger partial charge in [-0.25, -0.2) is 4.98 Å². The van der Waals surface area contributed by atoms with E-state index in [0.29, 0.717) is 30.7 Å². The number of nitrogens with one attached hydrogen (secondary N) is 1. The zero-order valence-electron chi connectivity index (χ0n) is 10.3. The van der Waals surface area contributed by atoms with Crippen molar-refractivity contribution in [1.29, 1.82) is 0 Å². The lowest BCUT2D eigenvalue weighted by Crippen LogP contribution is -2.39. The molecule has 2 fully saturated rings. The molecule has 1 saturated heterocycles. The molecule has 0 spiro atoms. The number of nitrogens with zero attached hydrogens (tertiary/aromatic N) is 3. The molecule has 1 aromatic rings. The summed E-state index contributed by atoms with van der Waals surface area (Å²) in [7, 11) is 0. The van der Waals surface area contributed by atoms with Crippen molar-refractivity contribution in [1.82, 2.24) is 20.1 Å². The van der Waals surface area contributed by atoms with Crippen molar-refractivity contribution in [2.24, 2.45) is 5.92 Å². The second-order valence-corrected chi connectivity index (χ2v) is 5.24. The molecule has 2 N–H and O–H groups in total. The normalized spacial score (nSPS) is 21.3. The number of rotatable bonds is 3. The van der Waals surface area contributed by atoms with E-state index in [0.717, 1.165) is 31.5 Å². The maximum Gasteiger partial charge on any atom is 0.293 e. The van der Waals surface area contributed by atoms with Gasteiger partial charge in [0.2, 0.25) is 5.82 Å². The van der Waals surface area contributed by atoms with Crippen molar-refractivity contribution >= 4 is 5.91 Å². The summed E-state index contributed by atoms with van der Waals surface area (Å²) >= 11 is 0. The van der Waals surface area contributed by atoms with Crippen LogP contribution in [0.5, 0.6) is 0 Å². The lowest BCUT2D eigenvalue weighted by molar-refractivity contribution is 0.0639. The topological polar surface area (TPSA) is 82.1 Å². The first kappa shape index (κ1) is 11.6. The molecule has 3 rings (SSSR count). The molecule has 6 nitrogen and oxygen atoms in total. The Kier molecular flexibility index (Phi) is 3.03. The van der Waals surface area contributed by atoms with Gasteiger partial charge in [-0.05, 0) is 31.6 Å². The number of likely N-dealkylation sites (tertiary alicyclic amines) is 1. The van der Waals surface area contributed by atoms with Gasteiger partial charge in [0, 0.05) is 25.6 Å². The number of hydrogen-bond acceptors (Lipinski definition) is 4. The maximum atomic E-state index is 12.2. The Labute approximate surface area is 105 Å². The Morgan fingerprint density at radius 1 is 1.33 bits per heavy atom. The minimum Gasteiger partial charge on any atom is -0.396 e. The molecule has 1 aliphatic carbocycles. The third-order valence-electron chi connectivity index (χ3n) is 3.82. The number of hydrogen-bond donors (Lipinski definition) is 2. The molecule has 0 unspecified atom stereocenters. The second kappa shape index (κ2) is 4.68. The number of carbonyl (C=O) groups excluding carboxylic acids is 1. The number of aromatic amines is 1. The number of piperidine rings is 1. The van der Waals surface area contributed by atoms with Gasteiger partial charge in [0.1, 0.15) is 5.82 Å². The van der Waals surface area contributed by atoms with Crippen LogP contribution in [0.3, 0.4) is 0 Å². The highest BCUT2D eigenvalue weighted by molar-refractivity contribution is 5.90. The largest absolute Gasteiger partial charge is 0.396 e. The zero-order valence-corrected chi connectivity index (χ0v) is 10.3. The number of aliphatic hydroxyl groups is 1. The fourth-order valence-corrected chi connectivity index (χ4v) is 2.37. The lowest BCUT2D eigenvalue weighted by atomic mass is 9.98. The lowest BCUT2D eigenvalue weighted by Gasteiger charge is -2.30. The predicted molar refractivity (Wildman–Crippen MR) is 64.1 cm³/mol. The Hall–Kier alpha value is -1.43. The van der Waals surface area contributed by atoms with Crippen molar-refractivity contribution in [2.75, 3.05) is 19.7 Å². The van der Waals surface area contributed by atoms with E-state index in [9.17, 15) is 4.79 Å². The second-order valence-electron chi connectivity index (χ2n) is 5.24. The molecule has 0 radical (unpaired) electrons. The van der Waals surface area contributed by atoms with Gasteiger partial charge in [-0.3, -0.25) is 9.89 Å². The van der Waals surface area contributed by atoms with Gasteiger partial charge < -0.3 is 10.0 Å². The molecular weight excluding hydrogens is 232 g/mol. The van der Waals surface area contributed by atoms with Gasteiger partial charge in [-0.1, -0.05) is 0 Å². The summed E-state index contributed by atoms with van der Waals surface area (Å²) in [6, 6.07) is 0. The summed E-state index contributed by atoms with van der Waals surface area (Å²) in [6.07, 6.45) is 4.01. The molecule has 0 aromatic carbocycles. The van der Waals surface area contributed by atoms with Crippen LogP contribution in [0.2, 0.25) is 0 Å². The fraction of sp³-hybridized carbons (Fsp3) is 0.750. The van der Waals surface area contributed by atoms with Gasteiger partial charge in [0.25, 0.3) is 5.91 Å². The third kappa shape index (κ3) is 2.25. The Morgan fingerprint density at radius 2 is 2.06 bits per heavy atom. The van der Waals surface area contributed by atoms with Crippen LogP contribution in [-0.4, -0.2) is 50.8 Å². The summed E-state index contributed by atoms with van der Waals surface area (Å²) in [5.74, 6) is 1.87. The average molecular weight is 250 g/mol. The zero-order chi connectivity index (χ0) is 12.5. The number of aromatic nitrogens is 3. The van der Waals surface area contributed by atoms with Crippen LogP contribution in [-0.2, 0) is 0 Å². The molecule has 18 heavy (non-hydrogen) atoms. The van der Waals surface area contributed by atoms with Crippen LogP contribution in [0.4, 0.5) is 0 Å². The van der Waals surface area contributed by atoms with E-state index in [1.807, 2.05) is 0 Å². The highest BCUT2D eigenvalue weighted by Crippen LogP contribution is 2.37. The van der Waals surface area contributed by atoms with Crippen LogP contribution in [0.1, 0.15) is 48.0 Å². The van der Waals surface area contributed by atoms with Crippen LogP contribution in [0, 0.1) is 5.92 Å². The number of amides is 1. The van der Waals surface area contributed by atoms with Gasteiger partial charge in [0.15, 0.2) is 0 Å². The molecule has 2 aliphatic rings. The molecule has 98 valence electrons. The van der Waals surface area contributed by atoms with Gasteiger partial charge >= 0.3 is 0 Å². The minimum absolute atomic E-state index is 0.0884. The van der Waals surface area contributed by atoms with Gasteiger partial charge in [0.05, 0.1) is 0 Å². The third-order valence-corrected chi connectivity index (χ3v) is 3.82. The van der Waals surface area contributed by atoms with Crippen molar-refractivity contribution in [3.8, 4) is 0 Å². The Balaban J connectivity index is 1.63. The van der Waals surface area contributed by atoms with Crippen molar-refractivity contribution in [3.63, 3.8) is 0 Å². The molecule has 6 heteroatoms. The monoisotopic (exact) mass is 250 g/mol. The number of aliphatic hydroxyl groups excluding tert-OH is 1. The van der Waals surface area contributed by atoms with E-state index in [1.54, 1.807) is 4.90 Å². The van der Waals surface area contributed by atoms with Crippen LogP contribution < -0.4 is 0 Å². The minimum atomic E-state index is -0.0884. The highest BCUT2D eigenvalue weighted by atomic mass is 16.3. The SMILES string of the molecule is O=C(c1n[nH]c(C2CC2)n1)N1CCC(CO)CC1. The molecule has 1 amide bonds. The van der Waals surface area contributed by atoms with E-state index >= 15 is 0 Å². The van der Waals surface area contributed by atoms with Crippen LogP contribution in [0.25, 0.3) is 0 Å². The molecule has 1 aliphatic heterocycles. The standard InChI is InChI=1S/C12H18N4O2/c17-7-8-3-5-16(6-4-8)12(18)11-13-10(14-15-11)9-1-2-9/h8-9,17H,1-7H2,(H,13,14,15). The number of carbonyl (C=O) groups is 1. The molecule has 1 aromatic heterocycles. The highest BCUT2D eigenvalue weighted by Gasteiger charge is 2.30. The van der Waals surface area contributed by atoms with E-state index in [2.05, 4.69) is 15.2 Å². The number of H-pyrrole nitrogens is 1. The molecule has 2 heterocycles.